The fraction of sp³-hybridized carbons (Fsp3) is 0.750. The second-order valence-corrected chi connectivity index (χ2v) is 11.0. The fourth-order valence-corrected chi connectivity index (χ4v) is 4.35. The van der Waals surface area contributed by atoms with E-state index in [1.54, 1.807) is 5.38 Å². The summed E-state index contributed by atoms with van der Waals surface area (Å²) in [5, 5.41) is 8.45. The van der Waals surface area contributed by atoms with Crippen LogP contribution in [0.1, 0.15) is 123 Å². The molecule has 2 amide bonds. The molecule has 0 spiro atoms. The molecule has 252 valence electrons. The highest BCUT2D eigenvalue weighted by Crippen LogP contribution is 2.17. The predicted octanol–water partition coefficient (Wildman–Crippen LogP) is 7.27. The van der Waals surface area contributed by atoms with Crippen molar-refractivity contribution in [3.05, 3.63) is 28.4 Å². The Kier molecular flexibility index (Phi) is 30.8. The van der Waals surface area contributed by atoms with Crippen molar-refractivity contribution >= 4 is 29.1 Å². The lowest BCUT2D eigenvalue weighted by Crippen LogP contribution is -2.56. The van der Waals surface area contributed by atoms with E-state index < -0.39 is 12.0 Å². The third kappa shape index (κ3) is 21.8. The normalized spacial score (nSPS) is 15.0. The maximum absolute atomic E-state index is 12.8. The van der Waals surface area contributed by atoms with E-state index in [9.17, 15) is 18.9 Å². The van der Waals surface area contributed by atoms with E-state index >= 15 is 0 Å². The van der Waals surface area contributed by atoms with Gasteiger partial charge in [-0.15, -0.1) is 11.3 Å². The fourth-order valence-electron chi connectivity index (χ4n) is 3.54. The van der Waals surface area contributed by atoms with Crippen LogP contribution in [0.25, 0.3) is 0 Å². The number of methoxy groups -OCH3 is 1. The Morgan fingerprint density at radius 2 is 1.72 bits per heavy atom. The molecular weight excluding hydrogens is 571 g/mol. The van der Waals surface area contributed by atoms with Crippen molar-refractivity contribution in [3.63, 3.8) is 0 Å². The standard InChI is InChI=1S/C21H34N4O4S.C3H5FO.2C3H8.C2H6/c1-5-14(2)18(24-19(26)16-9-6-7-12-25(16)3)20(27)22-11-8-10-17-23-15(13-30-17)21(28)29-4;1-3(2)5-4;2*1-3-2;1-2/h13-14,16,18H,5-12H2,1-4H3,(H,22,27)(H,24,26);1H2,2H3;2*3H2,1-2H3;1-2H3. The highest BCUT2D eigenvalue weighted by molar-refractivity contribution is 7.09. The summed E-state index contributed by atoms with van der Waals surface area (Å²) in [7, 11) is 3.29. The Labute approximate surface area is 265 Å². The van der Waals surface area contributed by atoms with Crippen LogP contribution in [0.5, 0.6) is 0 Å². The molecule has 0 bridgehead atoms. The number of carbonyl (C=O) groups excluding carboxylic acids is 3. The SMILES string of the molecule is C=C(C)OF.CC.CCC.CCC.CCC(C)C(NC(=O)C1CCCCN1C)C(=O)NCCCc1nc(C(=O)OC)cs1. The smallest absolute Gasteiger partial charge is 0.357 e. The van der Waals surface area contributed by atoms with E-state index in [0.717, 1.165) is 37.2 Å². The average molecular weight is 633 g/mol. The van der Waals surface area contributed by atoms with E-state index in [4.69, 9.17) is 0 Å². The molecule has 1 aliphatic heterocycles. The molecule has 3 unspecified atom stereocenters. The molecule has 3 atom stereocenters. The van der Waals surface area contributed by atoms with Crippen molar-refractivity contribution in [1.29, 1.82) is 0 Å². The number of rotatable bonds is 11. The molecular formula is C32H61FN4O5S. The molecule has 2 rings (SSSR count). The number of hydrogen-bond acceptors (Lipinski definition) is 8. The summed E-state index contributed by atoms with van der Waals surface area (Å²) in [5.74, 6) is -0.516. The number of aromatic nitrogens is 1. The van der Waals surface area contributed by atoms with Crippen LogP contribution < -0.4 is 10.6 Å². The van der Waals surface area contributed by atoms with Crippen LogP contribution in [-0.4, -0.2) is 67.0 Å². The highest BCUT2D eigenvalue weighted by atomic mass is 32.1. The van der Waals surface area contributed by atoms with Gasteiger partial charge < -0.3 is 15.4 Å². The van der Waals surface area contributed by atoms with Crippen molar-refractivity contribution in [2.24, 2.45) is 5.92 Å². The number of nitrogens with one attached hydrogen (secondary N) is 2. The van der Waals surface area contributed by atoms with Gasteiger partial charge in [0, 0.05) is 22.9 Å². The van der Waals surface area contributed by atoms with E-state index in [0.29, 0.717) is 25.1 Å². The van der Waals surface area contributed by atoms with E-state index in [1.807, 2.05) is 34.7 Å². The first-order chi connectivity index (χ1) is 20.5. The molecule has 2 heterocycles. The number of hydrogen-bond donors (Lipinski definition) is 2. The minimum atomic E-state index is -0.538. The second kappa shape index (κ2) is 29.5. The Hall–Kier alpha value is -2.53. The van der Waals surface area contributed by atoms with E-state index in [2.05, 4.69) is 64.5 Å². The molecule has 11 heteroatoms. The molecule has 2 N–H and O–H groups in total. The molecule has 0 aromatic carbocycles. The Bertz CT molecular complexity index is 867. The third-order valence-corrected chi connectivity index (χ3v) is 6.72. The molecule has 1 aromatic rings. The van der Waals surface area contributed by atoms with Crippen molar-refractivity contribution < 1.29 is 28.6 Å². The number of piperidine rings is 1. The number of allylic oxidation sites excluding steroid dienone is 1. The highest BCUT2D eigenvalue weighted by Gasteiger charge is 2.31. The second-order valence-electron chi connectivity index (χ2n) is 10.1. The minimum absolute atomic E-state index is 0.0458. The van der Waals surface area contributed by atoms with Gasteiger partial charge in [0.05, 0.1) is 18.2 Å². The maximum Gasteiger partial charge on any atom is 0.357 e. The van der Waals surface area contributed by atoms with Gasteiger partial charge in [-0.3, -0.25) is 19.4 Å². The van der Waals surface area contributed by atoms with Gasteiger partial charge in [-0.25, -0.2) is 9.78 Å². The molecule has 0 saturated carbocycles. The van der Waals surface area contributed by atoms with Crippen molar-refractivity contribution in [3.8, 4) is 0 Å². The quantitative estimate of drug-likeness (QED) is 0.150. The van der Waals surface area contributed by atoms with Crippen molar-refractivity contribution in [2.45, 2.75) is 126 Å². The molecule has 0 aliphatic carbocycles. The van der Waals surface area contributed by atoms with Crippen LogP contribution in [0.15, 0.2) is 17.7 Å². The number of esters is 1. The number of halogens is 1. The third-order valence-electron chi connectivity index (χ3n) is 5.81. The Morgan fingerprint density at radius 3 is 2.19 bits per heavy atom. The Morgan fingerprint density at radius 1 is 1.16 bits per heavy atom. The molecule has 1 aliphatic rings. The number of likely N-dealkylation sites (N-methyl/N-ethyl adjacent to an activating group) is 1. The number of thiazole rings is 1. The topological polar surface area (TPSA) is 110 Å². The van der Waals surface area contributed by atoms with Gasteiger partial charge in [-0.05, 0) is 45.7 Å². The molecule has 1 saturated heterocycles. The molecule has 9 nitrogen and oxygen atoms in total. The van der Waals surface area contributed by atoms with Gasteiger partial charge in [-0.2, -0.15) is 0 Å². The van der Waals surface area contributed by atoms with E-state index in [1.165, 1.54) is 38.2 Å². The first kappa shape index (κ1) is 44.9. The summed E-state index contributed by atoms with van der Waals surface area (Å²) in [5.41, 5.74) is 0.314. The summed E-state index contributed by atoms with van der Waals surface area (Å²) in [6, 6.07) is -0.698. The monoisotopic (exact) mass is 632 g/mol. The number of ether oxygens (including phenoxy) is 1. The van der Waals surface area contributed by atoms with E-state index in [-0.39, 0.29) is 29.5 Å². The summed E-state index contributed by atoms with van der Waals surface area (Å²) < 4.78 is 15.2. The lowest BCUT2D eigenvalue weighted by atomic mass is 9.96. The van der Waals surface area contributed by atoms with Gasteiger partial charge >= 0.3 is 5.97 Å². The first-order valence-electron chi connectivity index (χ1n) is 15.7. The Balaban J connectivity index is -0.00000105. The zero-order chi connectivity index (χ0) is 33.8. The zero-order valence-corrected chi connectivity index (χ0v) is 29.6. The summed E-state index contributed by atoms with van der Waals surface area (Å²) in [4.78, 5) is 46.4. The van der Waals surface area contributed by atoms with Gasteiger partial charge in [-0.1, -0.05) is 87.7 Å². The summed E-state index contributed by atoms with van der Waals surface area (Å²) in [6.45, 7) is 22.4. The van der Waals surface area contributed by atoms with Crippen LogP contribution in [-0.2, 0) is 25.7 Å². The first-order valence-corrected chi connectivity index (χ1v) is 16.6. The number of aryl methyl sites for hydroxylation is 1. The molecule has 1 fully saturated rings. The summed E-state index contributed by atoms with van der Waals surface area (Å²) in [6.07, 6.45) is 7.64. The summed E-state index contributed by atoms with van der Waals surface area (Å²) >= 11 is 1.40. The van der Waals surface area contributed by atoms with Gasteiger partial charge in [0.15, 0.2) is 5.69 Å². The number of likely N-dealkylation sites (tertiary alicyclic amines) is 1. The van der Waals surface area contributed by atoms with Crippen LogP contribution in [0.3, 0.4) is 0 Å². The number of amides is 2. The lowest BCUT2D eigenvalue weighted by molar-refractivity contribution is -0.133. The zero-order valence-electron chi connectivity index (χ0n) is 28.8. The molecule has 0 radical (unpaired) electrons. The van der Waals surface area contributed by atoms with Gasteiger partial charge in [0.1, 0.15) is 11.8 Å². The molecule has 1 aromatic heterocycles. The predicted molar refractivity (Wildman–Crippen MR) is 177 cm³/mol. The van der Waals surface area contributed by atoms with Gasteiger partial charge in [0.25, 0.3) is 0 Å². The van der Waals surface area contributed by atoms with Gasteiger partial charge in [0.2, 0.25) is 11.8 Å². The van der Waals surface area contributed by atoms with Crippen molar-refractivity contribution in [1.82, 2.24) is 20.5 Å². The van der Waals surface area contributed by atoms with Crippen molar-refractivity contribution in [2.75, 3.05) is 27.2 Å². The number of carbonyl (C=O) groups is 3. The lowest BCUT2D eigenvalue weighted by Gasteiger charge is -2.33. The maximum atomic E-state index is 12.8. The minimum Gasteiger partial charge on any atom is -0.464 e. The average Bonchev–Trinajstić information content (AvgIpc) is 3.48. The van der Waals surface area contributed by atoms with Crippen LogP contribution in [0.2, 0.25) is 0 Å². The molecule has 43 heavy (non-hydrogen) atoms. The number of nitrogens with zero attached hydrogens (tertiary/aromatic N) is 2. The van der Waals surface area contributed by atoms with Crippen LogP contribution in [0.4, 0.5) is 4.53 Å². The van der Waals surface area contributed by atoms with Crippen LogP contribution >= 0.6 is 11.3 Å². The van der Waals surface area contributed by atoms with Crippen LogP contribution in [0, 0.1) is 5.92 Å². The largest absolute Gasteiger partial charge is 0.464 e.